The predicted molar refractivity (Wildman–Crippen MR) is 84.6 cm³/mol. The Kier molecular flexibility index (Phi) is 5.58. The van der Waals surface area contributed by atoms with Gasteiger partial charge in [0.15, 0.2) is 16.6 Å². The maximum atomic E-state index is 11.6. The summed E-state index contributed by atoms with van der Waals surface area (Å²) in [5.41, 5.74) is 0.619. The van der Waals surface area contributed by atoms with Crippen molar-refractivity contribution >= 4 is 28.8 Å². The second-order valence-electron chi connectivity index (χ2n) is 4.31. The average Bonchev–Trinajstić information content (AvgIpc) is 3.00. The molecule has 0 fully saturated rings. The molecule has 0 radical (unpaired) electrons. The van der Waals surface area contributed by atoms with Crippen molar-refractivity contribution in [2.45, 2.75) is 6.92 Å². The largest absolute Gasteiger partial charge is 0.493 e. The van der Waals surface area contributed by atoms with Crippen molar-refractivity contribution in [1.29, 1.82) is 0 Å². The summed E-state index contributed by atoms with van der Waals surface area (Å²) in [5.74, 6) is 0.911. The lowest BCUT2D eigenvalue weighted by Crippen LogP contribution is -2.15. The van der Waals surface area contributed by atoms with Gasteiger partial charge in [-0.2, -0.15) is 0 Å². The van der Waals surface area contributed by atoms with Crippen molar-refractivity contribution in [1.82, 2.24) is 10.2 Å². The van der Waals surface area contributed by atoms with Gasteiger partial charge in [-0.15, -0.1) is 5.10 Å². The maximum absolute atomic E-state index is 11.6. The number of anilines is 1. The molecule has 1 aromatic carbocycles. The number of nitrogens with one attached hydrogen (secondary N) is 1. The van der Waals surface area contributed by atoms with Gasteiger partial charge in [0.05, 0.1) is 20.0 Å². The van der Waals surface area contributed by atoms with E-state index in [2.05, 4.69) is 15.5 Å². The Labute approximate surface area is 136 Å². The number of aromatic nitrogens is 2. The highest BCUT2D eigenvalue weighted by Gasteiger charge is 2.14. The number of hydrogen-bond donors (Lipinski definition) is 1. The topological polar surface area (TPSA) is 104 Å². The van der Waals surface area contributed by atoms with Crippen molar-refractivity contribution in [3.05, 3.63) is 18.2 Å². The summed E-state index contributed by atoms with van der Waals surface area (Å²) in [5, 5.41) is 9.90. The second-order valence-corrected chi connectivity index (χ2v) is 5.46. The number of amides is 1. The third-order valence-electron chi connectivity index (χ3n) is 2.71. The maximum Gasteiger partial charge on any atom is 0.322 e. The summed E-state index contributed by atoms with van der Waals surface area (Å²) in [4.78, 5) is 22.4. The zero-order valence-corrected chi connectivity index (χ0v) is 13.6. The van der Waals surface area contributed by atoms with Crippen LogP contribution in [0.25, 0.3) is 11.5 Å². The van der Waals surface area contributed by atoms with Gasteiger partial charge in [0.2, 0.25) is 11.8 Å². The van der Waals surface area contributed by atoms with Gasteiger partial charge in [-0.1, -0.05) is 16.9 Å². The summed E-state index contributed by atoms with van der Waals surface area (Å²) < 4.78 is 15.7. The molecule has 23 heavy (non-hydrogen) atoms. The van der Waals surface area contributed by atoms with Crippen molar-refractivity contribution in [3.8, 4) is 23.0 Å². The quantitative estimate of drug-likeness (QED) is 0.853. The normalized spacial score (nSPS) is 10.2. The van der Waals surface area contributed by atoms with E-state index >= 15 is 0 Å². The lowest BCUT2D eigenvalue weighted by molar-refractivity contribution is -0.114. The fourth-order valence-corrected chi connectivity index (χ4v) is 2.09. The summed E-state index contributed by atoms with van der Waals surface area (Å²) in [7, 11) is 3.06. The van der Waals surface area contributed by atoms with Crippen LogP contribution in [0.3, 0.4) is 0 Å². The van der Waals surface area contributed by atoms with Gasteiger partial charge in [-0.3, -0.25) is 14.9 Å². The molecule has 0 spiro atoms. The molecular weight excluding hydrogens is 322 g/mol. The van der Waals surface area contributed by atoms with E-state index in [9.17, 15) is 9.59 Å². The molecule has 8 nitrogen and oxygen atoms in total. The van der Waals surface area contributed by atoms with Crippen molar-refractivity contribution in [2.75, 3.05) is 25.3 Å². The molecule has 0 aliphatic rings. The van der Waals surface area contributed by atoms with E-state index in [0.29, 0.717) is 17.1 Å². The van der Waals surface area contributed by atoms with Crippen LogP contribution < -0.4 is 14.8 Å². The molecule has 2 rings (SSSR count). The van der Waals surface area contributed by atoms with Gasteiger partial charge in [0.25, 0.3) is 0 Å². The lowest BCUT2D eigenvalue weighted by atomic mass is 10.2. The van der Waals surface area contributed by atoms with Gasteiger partial charge in [-0.25, -0.2) is 0 Å². The first kappa shape index (κ1) is 16.8. The molecule has 1 amide bonds. The van der Waals surface area contributed by atoms with Crippen LogP contribution in [0, 0.1) is 0 Å². The minimum absolute atomic E-state index is 0.0105. The van der Waals surface area contributed by atoms with Crippen LogP contribution in [-0.2, 0) is 9.59 Å². The highest BCUT2D eigenvalue weighted by Crippen LogP contribution is 2.32. The third kappa shape index (κ3) is 4.46. The molecule has 9 heteroatoms. The fraction of sp³-hybridized carbons (Fsp3) is 0.286. The second kappa shape index (κ2) is 7.63. The molecule has 0 aliphatic carbocycles. The number of rotatable bonds is 6. The van der Waals surface area contributed by atoms with Crippen molar-refractivity contribution in [3.63, 3.8) is 0 Å². The Bertz CT molecular complexity index is 716. The standard InChI is InChI=1S/C14H15N3O5S/c1-8(18)23-7-12(19)15-14-17-16-13(22-14)9-4-5-10(20-2)11(6-9)21-3/h4-6H,7H2,1-3H3,(H,15,17,19). The molecule has 0 bridgehead atoms. The SMILES string of the molecule is COc1ccc(-c2nnc(NC(=O)CSC(C)=O)o2)cc1OC. The third-order valence-corrected chi connectivity index (χ3v) is 3.52. The zero-order valence-electron chi connectivity index (χ0n) is 12.8. The molecular formula is C14H15N3O5S. The lowest BCUT2D eigenvalue weighted by Gasteiger charge is -2.07. The smallest absolute Gasteiger partial charge is 0.322 e. The molecule has 0 atom stereocenters. The molecule has 122 valence electrons. The van der Waals surface area contributed by atoms with Crippen LogP contribution in [0.2, 0.25) is 0 Å². The van der Waals surface area contributed by atoms with Gasteiger partial charge in [-0.05, 0) is 18.2 Å². The van der Waals surface area contributed by atoms with Crippen LogP contribution in [0.1, 0.15) is 6.92 Å². The summed E-state index contributed by atoms with van der Waals surface area (Å²) in [6.07, 6.45) is 0. The van der Waals surface area contributed by atoms with E-state index in [1.165, 1.54) is 21.1 Å². The van der Waals surface area contributed by atoms with E-state index in [4.69, 9.17) is 13.9 Å². The van der Waals surface area contributed by atoms with E-state index < -0.39 is 5.91 Å². The number of hydrogen-bond acceptors (Lipinski definition) is 8. The Morgan fingerprint density at radius 1 is 1.22 bits per heavy atom. The average molecular weight is 337 g/mol. The molecule has 0 saturated heterocycles. The highest BCUT2D eigenvalue weighted by atomic mass is 32.2. The van der Waals surface area contributed by atoms with Crippen LogP contribution in [0.15, 0.2) is 22.6 Å². The van der Waals surface area contributed by atoms with Crippen molar-refractivity contribution < 1.29 is 23.5 Å². The molecule has 0 saturated carbocycles. The molecule has 1 heterocycles. The number of methoxy groups -OCH3 is 2. The van der Waals surface area contributed by atoms with E-state index in [-0.39, 0.29) is 22.8 Å². The monoisotopic (exact) mass is 337 g/mol. The molecule has 1 aromatic heterocycles. The Balaban J connectivity index is 2.10. The molecule has 1 N–H and O–H groups in total. The van der Waals surface area contributed by atoms with E-state index in [1.54, 1.807) is 18.2 Å². The van der Waals surface area contributed by atoms with Gasteiger partial charge >= 0.3 is 6.01 Å². The highest BCUT2D eigenvalue weighted by molar-refractivity contribution is 8.14. The van der Waals surface area contributed by atoms with Gasteiger partial charge in [0.1, 0.15) is 0 Å². The van der Waals surface area contributed by atoms with Crippen LogP contribution in [0.5, 0.6) is 11.5 Å². The van der Waals surface area contributed by atoms with Crippen LogP contribution in [0.4, 0.5) is 6.01 Å². The van der Waals surface area contributed by atoms with Crippen molar-refractivity contribution in [2.24, 2.45) is 0 Å². The number of nitrogens with zero attached hydrogens (tertiary/aromatic N) is 2. The first-order valence-electron chi connectivity index (χ1n) is 6.52. The number of carbonyl (C=O) groups excluding carboxylic acids is 2. The van der Waals surface area contributed by atoms with Gasteiger partial charge in [0, 0.05) is 12.5 Å². The summed E-state index contributed by atoms with van der Waals surface area (Å²) in [6, 6.07) is 5.08. The first-order chi connectivity index (χ1) is 11.0. The zero-order chi connectivity index (χ0) is 16.8. The molecule has 2 aromatic rings. The molecule has 0 aliphatic heterocycles. The first-order valence-corrected chi connectivity index (χ1v) is 7.51. The number of thioether (sulfide) groups is 1. The Morgan fingerprint density at radius 3 is 2.61 bits per heavy atom. The van der Waals surface area contributed by atoms with E-state index in [0.717, 1.165) is 11.8 Å². The number of carbonyl (C=O) groups is 2. The predicted octanol–water partition coefficient (Wildman–Crippen LogP) is 1.97. The Morgan fingerprint density at radius 2 is 1.96 bits per heavy atom. The van der Waals surface area contributed by atoms with Gasteiger partial charge < -0.3 is 13.9 Å². The minimum Gasteiger partial charge on any atom is -0.493 e. The fourth-order valence-electron chi connectivity index (χ4n) is 1.68. The summed E-state index contributed by atoms with van der Waals surface area (Å²) in [6.45, 7) is 1.39. The number of benzene rings is 1. The molecule has 0 unspecified atom stereocenters. The van der Waals surface area contributed by atoms with Crippen LogP contribution >= 0.6 is 11.8 Å². The van der Waals surface area contributed by atoms with Crippen LogP contribution in [-0.4, -0.2) is 41.2 Å². The minimum atomic E-state index is -0.396. The van der Waals surface area contributed by atoms with E-state index in [1.807, 2.05) is 0 Å². The summed E-state index contributed by atoms with van der Waals surface area (Å²) >= 11 is 0.900. The number of ether oxygens (including phenoxy) is 2. The Hall–Kier alpha value is -2.55.